The second kappa shape index (κ2) is 9.21. The normalized spacial score (nSPS) is 26.0. The smallest absolute Gasteiger partial charge is 0.238 e. The zero-order valence-electron chi connectivity index (χ0n) is 20.9. The molecular formula is C32H21Br2NO5. The summed E-state index contributed by atoms with van der Waals surface area (Å²) in [6, 6.07) is 17.9. The molecule has 3 aromatic carbocycles. The van der Waals surface area contributed by atoms with Crippen molar-refractivity contribution < 1.29 is 24.3 Å². The van der Waals surface area contributed by atoms with Crippen molar-refractivity contribution in [2.45, 2.75) is 18.8 Å². The largest absolute Gasteiger partial charge is 0.507 e. The quantitative estimate of drug-likeness (QED) is 0.199. The van der Waals surface area contributed by atoms with E-state index in [1.54, 1.807) is 36.4 Å². The number of phenols is 1. The molecule has 0 saturated carbocycles. The maximum atomic E-state index is 14.0. The fraction of sp³-hybridized carbons (Fsp3) is 0.188. The summed E-state index contributed by atoms with van der Waals surface area (Å²) in [5.74, 6) is -3.14. The number of fused-ring (bicyclic) bond motifs is 4. The molecule has 198 valence electrons. The lowest BCUT2D eigenvalue weighted by Gasteiger charge is -2.42. The van der Waals surface area contributed by atoms with Crippen LogP contribution in [-0.4, -0.2) is 28.5 Å². The number of phenolic OH excluding ortho intramolecular Hbond substituents is 1. The van der Waals surface area contributed by atoms with Crippen LogP contribution in [0.25, 0.3) is 10.8 Å². The lowest BCUT2D eigenvalue weighted by atomic mass is 9.59. The Labute approximate surface area is 246 Å². The van der Waals surface area contributed by atoms with E-state index in [2.05, 4.69) is 31.9 Å². The predicted octanol–water partition coefficient (Wildman–Crippen LogP) is 6.27. The van der Waals surface area contributed by atoms with Crippen LogP contribution < -0.4 is 4.90 Å². The lowest BCUT2D eigenvalue weighted by molar-refractivity contribution is -0.123. The highest BCUT2D eigenvalue weighted by atomic mass is 79.9. The first-order valence-electron chi connectivity index (χ1n) is 13.0. The maximum absolute atomic E-state index is 14.0. The summed E-state index contributed by atoms with van der Waals surface area (Å²) < 4.78 is 1.03. The molecule has 2 amide bonds. The summed E-state index contributed by atoms with van der Waals surface area (Å²) in [7, 11) is 0. The van der Waals surface area contributed by atoms with Crippen LogP contribution in [0.4, 0.5) is 5.69 Å². The highest BCUT2D eigenvalue weighted by Crippen LogP contribution is 2.56. The number of hydrogen-bond donors (Lipinski definition) is 1. The fourth-order valence-electron chi connectivity index (χ4n) is 6.96. The minimum atomic E-state index is -0.649. The van der Waals surface area contributed by atoms with Gasteiger partial charge >= 0.3 is 0 Å². The van der Waals surface area contributed by atoms with Gasteiger partial charge < -0.3 is 5.11 Å². The second-order valence-corrected chi connectivity index (χ2v) is 12.4. The number of Topliss-reactive ketones (excluding diaryl/α,β-unsaturated/α-hetero) is 1. The molecule has 0 aromatic heterocycles. The number of allylic oxidation sites excluding steroid dienone is 6. The number of amides is 2. The Balaban J connectivity index is 1.41. The Bertz CT molecular complexity index is 1780. The maximum Gasteiger partial charge on any atom is 0.238 e. The van der Waals surface area contributed by atoms with E-state index >= 15 is 0 Å². The van der Waals surface area contributed by atoms with Gasteiger partial charge in [0.15, 0.2) is 11.6 Å². The minimum Gasteiger partial charge on any atom is -0.507 e. The van der Waals surface area contributed by atoms with Gasteiger partial charge in [0.25, 0.3) is 0 Å². The lowest BCUT2D eigenvalue weighted by Crippen LogP contribution is -2.39. The molecule has 8 heteroatoms. The average Bonchev–Trinajstić information content (AvgIpc) is 3.21. The topological polar surface area (TPSA) is 91.8 Å². The van der Waals surface area contributed by atoms with Gasteiger partial charge in [0, 0.05) is 33.0 Å². The molecule has 1 aliphatic heterocycles. The number of imide groups is 1. The van der Waals surface area contributed by atoms with Gasteiger partial charge in [-0.15, -0.1) is 0 Å². The van der Waals surface area contributed by atoms with Crippen LogP contribution in [0.15, 0.2) is 98.5 Å². The molecule has 0 spiro atoms. The van der Waals surface area contributed by atoms with Gasteiger partial charge in [0.1, 0.15) is 5.75 Å². The first kappa shape index (κ1) is 25.4. The predicted molar refractivity (Wildman–Crippen MR) is 157 cm³/mol. The van der Waals surface area contributed by atoms with E-state index in [1.807, 2.05) is 30.3 Å². The van der Waals surface area contributed by atoms with E-state index in [-0.39, 0.29) is 40.0 Å². The van der Waals surface area contributed by atoms with Crippen LogP contribution >= 0.6 is 31.9 Å². The van der Waals surface area contributed by atoms with Crippen molar-refractivity contribution in [3.8, 4) is 5.75 Å². The molecular weight excluding hydrogens is 638 g/mol. The number of anilines is 1. The highest BCUT2D eigenvalue weighted by molar-refractivity contribution is 9.12. The molecule has 3 aromatic rings. The van der Waals surface area contributed by atoms with E-state index in [0.29, 0.717) is 28.6 Å². The number of nitrogens with zero attached hydrogens (tertiary/aromatic N) is 1. The van der Waals surface area contributed by atoms with E-state index in [1.165, 1.54) is 11.0 Å². The van der Waals surface area contributed by atoms with E-state index < -0.39 is 23.7 Å². The van der Waals surface area contributed by atoms with Crippen LogP contribution in [-0.2, 0) is 19.2 Å². The third kappa shape index (κ3) is 3.58. The molecule has 1 fully saturated rings. The number of ketones is 2. The molecule has 1 N–H and O–H groups in total. The van der Waals surface area contributed by atoms with Gasteiger partial charge in [0.05, 0.1) is 22.0 Å². The van der Waals surface area contributed by atoms with Crippen LogP contribution in [0.2, 0.25) is 0 Å². The molecule has 40 heavy (non-hydrogen) atoms. The Morgan fingerprint density at radius 3 is 2.30 bits per heavy atom. The highest BCUT2D eigenvalue weighted by Gasteiger charge is 2.56. The van der Waals surface area contributed by atoms with Crippen molar-refractivity contribution >= 4 is 71.7 Å². The molecule has 4 atom stereocenters. The molecule has 1 heterocycles. The van der Waals surface area contributed by atoms with Crippen molar-refractivity contribution in [1.29, 1.82) is 0 Å². The Morgan fingerprint density at radius 2 is 1.55 bits per heavy atom. The molecule has 3 aliphatic carbocycles. The minimum absolute atomic E-state index is 0.119. The zero-order chi connectivity index (χ0) is 27.9. The Kier molecular flexibility index (Phi) is 5.84. The summed E-state index contributed by atoms with van der Waals surface area (Å²) in [6.45, 7) is 0. The summed E-state index contributed by atoms with van der Waals surface area (Å²) in [5, 5.41) is 12.0. The molecule has 7 rings (SSSR count). The molecule has 4 aliphatic rings. The van der Waals surface area contributed by atoms with Crippen molar-refractivity contribution in [2.24, 2.45) is 17.8 Å². The van der Waals surface area contributed by atoms with Gasteiger partial charge in [0.2, 0.25) is 11.8 Å². The first-order chi connectivity index (χ1) is 19.3. The van der Waals surface area contributed by atoms with Crippen LogP contribution in [0, 0.1) is 17.8 Å². The van der Waals surface area contributed by atoms with E-state index in [4.69, 9.17) is 0 Å². The van der Waals surface area contributed by atoms with Crippen LogP contribution in [0.1, 0.15) is 24.3 Å². The van der Waals surface area contributed by atoms with Crippen molar-refractivity contribution in [1.82, 2.24) is 0 Å². The van der Waals surface area contributed by atoms with Gasteiger partial charge in [-0.2, -0.15) is 0 Å². The monoisotopic (exact) mass is 657 g/mol. The number of carbonyl (C=O) groups excluding carboxylic acids is 4. The molecule has 1 saturated heterocycles. The van der Waals surface area contributed by atoms with Crippen molar-refractivity contribution in [3.63, 3.8) is 0 Å². The fourth-order valence-corrected chi connectivity index (χ4v) is 7.68. The number of rotatable bonds is 2. The van der Waals surface area contributed by atoms with Gasteiger partial charge in [-0.25, -0.2) is 0 Å². The van der Waals surface area contributed by atoms with Gasteiger partial charge in [-0.05, 0) is 76.0 Å². The number of halogens is 2. The number of carbonyl (C=O) groups is 4. The van der Waals surface area contributed by atoms with Crippen molar-refractivity contribution in [3.05, 3.63) is 104 Å². The van der Waals surface area contributed by atoms with Gasteiger partial charge in [-0.1, -0.05) is 57.9 Å². The Morgan fingerprint density at radius 1 is 0.825 bits per heavy atom. The number of aromatic hydroxyl groups is 1. The summed E-state index contributed by atoms with van der Waals surface area (Å²) >= 11 is 6.67. The van der Waals surface area contributed by atoms with Gasteiger partial charge in [-0.3, -0.25) is 24.1 Å². The summed E-state index contributed by atoms with van der Waals surface area (Å²) in [4.78, 5) is 55.9. The molecule has 0 radical (unpaired) electrons. The van der Waals surface area contributed by atoms with E-state index in [0.717, 1.165) is 21.0 Å². The van der Waals surface area contributed by atoms with Crippen molar-refractivity contribution in [2.75, 3.05) is 4.90 Å². The van der Waals surface area contributed by atoms with Crippen LogP contribution in [0.3, 0.4) is 0 Å². The molecule has 0 bridgehead atoms. The first-order valence-corrected chi connectivity index (χ1v) is 14.6. The summed E-state index contributed by atoms with van der Waals surface area (Å²) in [5.41, 5.74) is 2.96. The molecule has 6 nitrogen and oxygen atoms in total. The van der Waals surface area contributed by atoms with Crippen LogP contribution in [0.5, 0.6) is 5.75 Å². The third-order valence-electron chi connectivity index (χ3n) is 8.66. The summed E-state index contributed by atoms with van der Waals surface area (Å²) in [6.07, 6.45) is 3.90. The molecule has 0 unspecified atom stereocenters. The second-order valence-electron chi connectivity index (χ2n) is 10.6. The third-order valence-corrected chi connectivity index (χ3v) is 9.78. The zero-order valence-corrected chi connectivity index (χ0v) is 24.1. The average molecular weight is 659 g/mol. The SMILES string of the molecule is O=C1C=C(Br)C(=O)C2=C1[C@@H](c1ccc(O)c3ccccc13)C1=CC[C@@H]3C(=O)N(c4ccc(Br)cc4)C(=O)[C@@H]3[C@@H]1C2. The Hall–Kier alpha value is -3.62. The van der Waals surface area contributed by atoms with E-state index in [9.17, 15) is 24.3 Å². The standard InChI is InChI=1S/C32H21Br2NO5/c33-15-5-7-16(8-6-15)35-31(39)21-10-9-20-22(28(21)32(35)40)13-23-29(26(37)14-24(34)30(23)38)27(20)19-11-12-25(36)18-4-2-1-3-17(18)19/h1-9,11-12,14,21-22,27-28,36H,10,13H2/t21-,22+,27-,28-/m0/s1. The number of benzene rings is 3. The number of hydrogen-bond acceptors (Lipinski definition) is 5.